The normalized spacial score (nSPS) is 22.3. The fraction of sp³-hybridized carbons (Fsp3) is 0.826. The van der Waals surface area contributed by atoms with E-state index in [9.17, 15) is 4.79 Å². The number of halogens is 1. The van der Waals surface area contributed by atoms with Crippen molar-refractivity contribution in [3.8, 4) is 0 Å². The first-order chi connectivity index (χ1) is 15.4. The summed E-state index contributed by atoms with van der Waals surface area (Å²) in [5, 5.41) is 11.9. The molecular weight excluding hydrogens is 531 g/mol. The molecule has 1 aromatic heterocycles. The topological polar surface area (TPSA) is 81.9 Å². The van der Waals surface area contributed by atoms with Crippen LogP contribution in [-0.2, 0) is 18.4 Å². The van der Waals surface area contributed by atoms with Gasteiger partial charge in [0, 0.05) is 52.9 Å². The van der Waals surface area contributed by atoms with Crippen molar-refractivity contribution in [3.63, 3.8) is 0 Å². The molecule has 1 N–H and O–H groups in total. The van der Waals surface area contributed by atoms with Crippen molar-refractivity contribution in [1.29, 1.82) is 0 Å². The third kappa shape index (κ3) is 8.08. The van der Waals surface area contributed by atoms with Gasteiger partial charge in [0.15, 0.2) is 11.8 Å². The van der Waals surface area contributed by atoms with Crippen molar-refractivity contribution >= 4 is 35.8 Å². The van der Waals surface area contributed by atoms with Crippen LogP contribution in [0.4, 0.5) is 0 Å². The molecule has 0 spiro atoms. The zero-order valence-corrected chi connectivity index (χ0v) is 23.4. The smallest absolute Gasteiger partial charge is 0.236 e. The second-order valence-electron chi connectivity index (χ2n) is 9.65. The number of likely N-dealkylation sites (tertiary alicyclic amines) is 1. The van der Waals surface area contributed by atoms with Crippen molar-refractivity contribution in [1.82, 2.24) is 34.8 Å². The Morgan fingerprint density at radius 2 is 1.76 bits per heavy atom. The quantitative estimate of drug-likeness (QED) is 0.233. The average molecular weight is 575 g/mol. The van der Waals surface area contributed by atoms with Crippen molar-refractivity contribution < 1.29 is 4.79 Å². The van der Waals surface area contributed by atoms with Gasteiger partial charge in [-0.3, -0.25) is 9.69 Å². The zero-order valence-electron chi connectivity index (χ0n) is 21.1. The lowest BCUT2D eigenvalue weighted by Crippen LogP contribution is -2.55. The summed E-state index contributed by atoms with van der Waals surface area (Å²) in [6.07, 6.45) is 3.49. The Kier molecular flexibility index (Phi) is 11.3. The second-order valence-corrected chi connectivity index (χ2v) is 9.65. The van der Waals surface area contributed by atoms with E-state index in [1.807, 2.05) is 18.5 Å². The van der Waals surface area contributed by atoms with E-state index in [0.717, 1.165) is 76.3 Å². The first-order valence-corrected chi connectivity index (χ1v) is 12.3. The average Bonchev–Trinajstić information content (AvgIpc) is 3.08. The van der Waals surface area contributed by atoms with Crippen LogP contribution >= 0.6 is 24.0 Å². The molecule has 9 nitrogen and oxygen atoms in total. The lowest BCUT2D eigenvalue weighted by Gasteiger charge is -2.39. The summed E-state index contributed by atoms with van der Waals surface area (Å²) >= 11 is 0. The molecule has 0 saturated carbocycles. The van der Waals surface area contributed by atoms with Crippen molar-refractivity contribution in [2.45, 2.75) is 53.5 Å². The van der Waals surface area contributed by atoms with E-state index in [0.29, 0.717) is 24.9 Å². The van der Waals surface area contributed by atoms with E-state index in [4.69, 9.17) is 4.99 Å². The van der Waals surface area contributed by atoms with Gasteiger partial charge in [-0.1, -0.05) is 27.2 Å². The fourth-order valence-corrected chi connectivity index (χ4v) is 4.65. The van der Waals surface area contributed by atoms with Crippen LogP contribution in [0.15, 0.2) is 4.99 Å². The van der Waals surface area contributed by atoms with E-state index in [1.165, 1.54) is 6.42 Å². The Balaban J connectivity index is 0.00000385. The molecule has 3 rings (SSSR count). The molecule has 3 heterocycles. The predicted molar refractivity (Wildman–Crippen MR) is 143 cm³/mol. The van der Waals surface area contributed by atoms with Gasteiger partial charge in [-0.2, -0.15) is 0 Å². The summed E-state index contributed by atoms with van der Waals surface area (Å²) in [4.78, 5) is 24.4. The number of guanidine groups is 1. The summed E-state index contributed by atoms with van der Waals surface area (Å²) in [7, 11) is 1.98. The van der Waals surface area contributed by atoms with E-state index < -0.39 is 0 Å². The largest absolute Gasteiger partial charge is 0.356 e. The van der Waals surface area contributed by atoms with Crippen LogP contribution in [0.2, 0.25) is 0 Å². The van der Waals surface area contributed by atoms with E-state index in [1.54, 1.807) is 0 Å². The van der Waals surface area contributed by atoms with Gasteiger partial charge < -0.3 is 19.7 Å². The maximum atomic E-state index is 12.9. The minimum atomic E-state index is 0. The lowest BCUT2D eigenvalue weighted by molar-refractivity contribution is -0.135. The Morgan fingerprint density at radius 1 is 1.09 bits per heavy atom. The molecule has 188 valence electrons. The molecule has 2 unspecified atom stereocenters. The molecule has 2 aliphatic rings. The number of hydrogen-bond acceptors (Lipinski definition) is 5. The number of rotatable bonds is 7. The van der Waals surface area contributed by atoms with E-state index in [-0.39, 0.29) is 29.9 Å². The predicted octanol–water partition coefficient (Wildman–Crippen LogP) is 2.11. The number of aliphatic imine (C=N–C) groups is 1. The maximum absolute atomic E-state index is 12.9. The number of carbonyl (C=O) groups is 1. The van der Waals surface area contributed by atoms with Crippen molar-refractivity contribution in [3.05, 3.63) is 11.6 Å². The zero-order chi connectivity index (χ0) is 23.1. The number of aryl methyl sites for hydroxylation is 1. The molecule has 10 heteroatoms. The van der Waals surface area contributed by atoms with Gasteiger partial charge in [0.2, 0.25) is 5.91 Å². The summed E-state index contributed by atoms with van der Waals surface area (Å²) in [6, 6.07) is 0. The number of nitrogens with zero attached hydrogens (tertiary/aromatic N) is 7. The Bertz CT molecular complexity index is 765. The fourth-order valence-electron chi connectivity index (χ4n) is 4.65. The van der Waals surface area contributed by atoms with Gasteiger partial charge in [-0.05, 0) is 31.6 Å². The number of hydrogen-bond donors (Lipinski definition) is 1. The molecule has 2 aliphatic heterocycles. The van der Waals surface area contributed by atoms with Gasteiger partial charge in [0.1, 0.15) is 12.4 Å². The lowest BCUT2D eigenvalue weighted by atomic mass is 9.92. The number of unbranched alkanes of at least 4 members (excludes halogenated alkanes) is 1. The number of aromatic nitrogens is 3. The van der Waals surface area contributed by atoms with Crippen LogP contribution in [-0.4, -0.2) is 93.7 Å². The standard InChI is InChI=1S/C23H42N8O.HI/c1-6-7-8-24-23(25-14-21-27-26-20(4)28(21)5)30-11-9-29(10-12-30)17-22(32)31-15-18(2)13-19(3)16-31;/h18-19H,6-17H2,1-5H3,(H,24,25);1H. The molecule has 2 fully saturated rings. The number of amides is 1. The van der Waals surface area contributed by atoms with Gasteiger partial charge in [-0.25, -0.2) is 4.99 Å². The van der Waals surface area contributed by atoms with Gasteiger partial charge >= 0.3 is 0 Å². The van der Waals surface area contributed by atoms with Crippen LogP contribution in [0.3, 0.4) is 0 Å². The van der Waals surface area contributed by atoms with E-state index in [2.05, 4.69) is 51.0 Å². The first-order valence-electron chi connectivity index (χ1n) is 12.3. The number of nitrogens with one attached hydrogen (secondary N) is 1. The molecule has 0 aromatic carbocycles. The van der Waals surface area contributed by atoms with Crippen LogP contribution in [0.25, 0.3) is 0 Å². The first kappa shape index (κ1) is 27.8. The molecule has 2 saturated heterocycles. The third-order valence-electron chi connectivity index (χ3n) is 6.62. The van der Waals surface area contributed by atoms with Crippen LogP contribution in [0.5, 0.6) is 0 Å². The molecular formula is C23H43IN8O. The maximum Gasteiger partial charge on any atom is 0.236 e. The van der Waals surface area contributed by atoms with Crippen molar-refractivity contribution in [2.24, 2.45) is 23.9 Å². The minimum Gasteiger partial charge on any atom is -0.356 e. The van der Waals surface area contributed by atoms with Crippen LogP contribution in [0.1, 0.15) is 51.7 Å². The molecule has 1 aromatic rings. The van der Waals surface area contributed by atoms with Crippen LogP contribution in [0, 0.1) is 18.8 Å². The summed E-state index contributed by atoms with van der Waals surface area (Å²) in [5.74, 6) is 4.18. The Hall–Kier alpha value is -1.43. The molecule has 0 aliphatic carbocycles. The highest BCUT2D eigenvalue weighted by molar-refractivity contribution is 14.0. The third-order valence-corrected chi connectivity index (χ3v) is 6.62. The van der Waals surface area contributed by atoms with Crippen molar-refractivity contribution in [2.75, 3.05) is 52.4 Å². The monoisotopic (exact) mass is 574 g/mol. The molecule has 1 amide bonds. The molecule has 33 heavy (non-hydrogen) atoms. The highest BCUT2D eigenvalue weighted by atomic mass is 127. The van der Waals surface area contributed by atoms with Gasteiger partial charge in [-0.15, -0.1) is 34.2 Å². The SMILES string of the molecule is CCCCNC(=NCc1nnc(C)n1C)N1CCN(CC(=O)N2CC(C)CC(C)C2)CC1.I. The highest BCUT2D eigenvalue weighted by Gasteiger charge is 2.28. The molecule has 0 radical (unpaired) electrons. The summed E-state index contributed by atoms with van der Waals surface area (Å²) < 4.78 is 1.99. The number of piperidine rings is 1. The van der Waals surface area contributed by atoms with Crippen LogP contribution < -0.4 is 5.32 Å². The van der Waals surface area contributed by atoms with Gasteiger partial charge in [0.25, 0.3) is 0 Å². The number of piperazine rings is 1. The van der Waals surface area contributed by atoms with E-state index >= 15 is 0 Å². The Labute approximate surface area is 216 Å². The van der Waals surface area contributed by atoms with Gasteiger partial charge in [0.05, 0.1) is 6.54 Å². The summed E-state index contributed by atoms with van der Waals surface area (Å²) in [6.45, 7) is 15.9. The minimum absolute atomic E-state index is 0. The summed E-state index contributed by atoms with van der Waals surface area (Å²) in [5.41, 5.74) is 0. The number of carbonyl (C=O) groups excluding carboxylic acids is 1. The highest BCUT2D eigenvalue weighted by Crippen LogP contribution is 2.21. The molecule has 0 bridgehead atoms. The molecule has 2 atom stereocenters. The second kappa shape index (κ2) is 13.5. The Morgan fingerprint density at radius 3 is 2.33 bits per heavy atom.